The molecule has 10 nitrogen and oxygen atoms in total. The van der Waals surface area contributed by atoms with Crippen LogP contribution in [-0.4, -0.2) is 77.2 Å². The summed E-state index contributed by atoms with van der Waals surface area (Å²) in [5, 5.41) is 19.3. The molecule has 2 aliphatic carbocycles. The summed E-state index contributed by atoms with van der Waals surface area (Å²) in [4.78, 5) is 54.3. The van der Waals surface area contributed by atoms with Crippen molar-refractivity contribution in [3.8, 4) is 0 Å². The average Bonchev–Trinajstić information content (AvgIpc) is 3.08. The zero-order valence-corrected chi connectivity index (χ0v) is 24.5. The number of methoxy groups -OCH3 is 1. The van der Waals surface area contributed by atoms with Gasteiger partial charge in [0.15, 0.2) is 6.10 Å². The van der Waals surface area contributed by atoms with Gasteiger partial charge < -0.3 is 30.7 Å². The van der Waals surface area contributed by atoms with Crippen LogP contribution in [0.15, 0.2) is 0 Å². The quantitative estimate of drug-likeness (QED) is 0.351. The topological polar surface area (TPSA) is 137 Å². The Bertz CT molecular complexity index is 933. The number of nitrogens with zero attached hydrogens (tertiary/aromatic N) is 1. The van der Waals surface area contributed by atoms with Crippen molar-refractivity contribution in [3.05, 3.63) is 0 Å². The maximum absolute atomic E-state index is 14.0. The van der Waals surface area contributed by atoms with Crippen LogP contribution in [0.1, 0.15) is 81.1 Å². The molecule has 1 saturated heterocycles. The second kappa shape index (κ2) is 10.7. The standard InChI is InChI=1S/C28H48N4O6/c1-26(2,3)21(30-25(37)31-27(4,5)6)23(35)32-14-16-18(28(16,7)8)19(32)22(34)29-17(13-15-11-10-12-15)20(33)24(36)38-9/h15-21,33H,10-14H2,1-9H3,(H,29,34)(H2,30,31,37)/t16?,17?,18-,19-,20?,21+/m0/s1. The van der Waals surface area contributed by atoms with E-state index in [0.717, 1.165) is 19.3 Å². The highest BCUT2D eigenvalue weighted by molar-refractivity contribution is 5.94. The summed E-state index contributed by atoms with van der Waals surface area (Å²) in [6.45, 7) is 15.8. The van der Waals surface area contributed by atoms with Crippen molar-refractivity contribution >= 4 is 23.8 Å². The fourth-order valence-electron chi connectivity index (χ4n) is 6.04. The van der Waals surface area contributed by atoms with Crippen LogP contribution < -0.4 is 16.0 Å². The van der Waals surface area contributed by atoms with E-state index in [1.807, 2.05) is 41.5 Å². The van der Waals surface area contributed by atoms with Gasteiger partial charge in [0, 0.05) is 12.1 Å². The van der Waals surface area contributed by atoms with E-state index in [9.17, 15) is 24.3 Å². The number of aliphatic hydroxyl groups is 1. The predicted molar refractivity (Wildman–Crippen MR) is 143 cm³/mol. The number of esters is 1. The van der Waals surface area contributed by atoms with E-state index in [0.29, 0.717) is 18.9 Å². The van der Waals surface area contributed by atoms with Gasteiger partial charge in [0.05, 0.1) is 13.2 Å². The average molecular weight is 537 g/mol. The van der Waals surface area contributed by atoms with Crippen LogP contribution >= 0.6 is 0 Å². The van der Waals surface area contributed by atoms with Gasteiger partial charge in [-0.25, -0.2) is 9.59 Å². The number of rotatable bonds is 8. The second-order valence-corrected chi connectivity index (χ2v) is 14.2. The van der Waals surface area contributed by atoms with E-state index in [1.54, 1.807) is 4.90 Å². The number of aliphatic hydroxyl groups excluding tert-OH is 1. The molecule has 0 aromatic heterocycles. The number of hydrogen-bond acceptors (Lipinski definition) is 6. The fraction of sp³-hybridized carbons (Fsp3) is 0.857. The Kier molecular flexibility index (Phi) is 8.47. The van der Waals surface area contributed by atoms with E-state index in [2.05, 4.69) is 29.8 Å². The Morgan fingerprint density at radius 1 is 1.05 bits per heavy atom. The van der Waals surface area contributed by atoms with Crippen molar-refractivity contribution in [2.75, 3.05) is 13.7 Å². The van der Waals surface area contributed by atoms with Crippen LogP contribution in [0, 0.1) is 28.6 Å². The molecule has 4 amide bonds. The van der Waals surface area contributed by atoms with Gasteiger partial charge in [0.2, 0.25) is 11.8 Å². The monoisotopic (exact) mass is 536 g/mol. The van der Waals surface area contributed by atoms with E-state index in [4.69, 9.17) is 4.74 Å². The van der Waals surface area contributed by atoms with Gasteiger partial charge in [-0.3, -0.25) is 9.59 Å². The first-order chi connectivity index (χ1) is 17.4. The smallest absolute Gasteiger partial charge is 0.336 e. The lowest BCUT2D eigenvalue weighted by Crippen LogP contribution is -2.62. The lowest BCUT2D eigenvalue weighted by molar-refractivity contribution is -0.153. The molecule has 2 saturated carbocycles. The number of likely N-dealkylation sites (tertiary alicyclic amines) is 1. The number of hydrogen-bond donors (Lipinski definition) is 4. The van der Waals surface area contributed by atoms with Crippen LogP contribution in [0.2, 0.25) is 0 Å². The van der Waals surface area contributed by atoms with Crippen LogP contribution in [0.5, 0.6) is 0 Å². The van der Waals surface area contributed by atoms with Gasteiger partial charge >= 0.3 is 12.0 Å². The molecule has 3 aliphatic rings. The first-order valence-corrected chi connectivity index (χ1v) is 13.8. The minimum Gasteiger partial charge on any atom is -0.467 e. The van der Waals surface area contributed by atoms with E-state index < -0.39 is 47.2 Å². The third-order valence-electron chi connectivity index (χ3n) is 8.60. The zero-order valence-electron chi connectivity index (χ0n) is 24.5. The Hall–Kier alpha value is -2.36. The number of nitrogens with one attached hydrogen (secondary N) is 3. The number of amides is 4. The molecule has 0 radical (unpaired) electrons. The Morgan fingerprint density at radius 2 is 1.66 bits per heavy atom. The Morgan fingerprint density at radius 3 is 2.13 bits per heavy atom. The highest BCUT2D eigenvalue weighted by Gasteiger charge is 2.70. The summed E-state index contributed by atoms with van der Waals surface area (Å²) < 4.78 is 4.74. The molecule has 216 valence electrons. The van der Waals surface area contributed by atoms with Crippen molar-refractivity contribution in [2.45, 2.75) is 111 Å². The van der Waals surface area contributed by atoms with Gasteiger partial charge in [0.25, 0.3) is 0 Å². The lowest BCUT2D eigenvalue weighted by atomic mass is 9.79. The van der Waals surface area contributed by atoms with Crippen molar-refractivity contribution in [1.29, 1.82) is 0 Å². The van der Waals surface area contributed by atoms with Gasteiger partial charge in [-0.05, 0) is 55.8 Å². The van der Waals surface area contributed by atoms with Crippen molar-refractivity contribution in [3.63, 3.8) is 0 Å². The maximum atomic E-state index is 14.0. The molecular weight excluding hydrogens is 488 g/mol. The second-order valence-electron chi connectivity index (χ2n) is 14.2. The molecule has 1 heterocycles. The minimum absolute atomic E-state index is 0.0462. The molecule has 3 rings (SSSR count). The molecule has 1 aliphatic heterocycles. The maximum Gasteiger partial charge on any atom is 0.336 e. The third-order valence-corrected chi connectivity index (χ3v) is 8.60. The van der Waals surface area contributed by atoms with Crippen molar-refractivity contribution in [1.82, 2.24) is 20.9 Å². The van der Waals surface area contributed by atoms with Crippen molar-refractivity contribution < 1.29 is 29.0 Å². The molecule has 0 aromatic rings. The molecule has 3 unspecified atom stereocenters. The molecule has 38 heavy (non-hydrogen) atoms. The number of piperidine rings is 1. The molecule has 10 heteroatoms. The number of urea groups is 1. The SMILES string of the molecule is COC(=O)C(O)C(CC1CCC1)NC(=O)[C@@H]1[C@@H]2C(CN1C(=O)[C@@H](NC(=O)NC(C)(C)C)C(C)(C)C)C2(C)C. The first-order valence-electron chi connectivity index (χ1n) is 13.8. The molecule has 0 bridgehead atoms. The zero-order chi connectivity index (χ0) is 28.8. The minimum atomic E-state index is -1.48. The van der Waals surface area contributed by atoms with Gasteiger partial charge in [-0.1, -0.05) is 53.9 Å². The molecule has 3 fully saturated rings. The van der Waals surface area contributed by atoms with E-state index in [1.165, 1.54) is 7.11 Å². The molecule has 4 N–H and O–H groups in total. The summed E-state index contributed by atoms with van der Waals surface area (Å²) in [7, 11) is 1.21. The largest absolute Gasteiger partial charge is 0.467 e. The molecular formula is C28H48N4O6. The Balaban J connectivity index is 1.83. The highest BCUT2D eigenvalue weighted by Crippen LogP contribution is 2.65. The van der Waals surface area contributed by atoms with Gasteiger partial charge in [0.1, 0.15) is 12.1 Å². The molecule has 0 spiro atoms. The lowest BCUT2D eigenvalue weighted by Gasteiger charge is -2.39. The summed E-state index contributed by atoms with van der Waals surface area (Å²) in [5.74, 6) is -1.05. The summed E-state index contributed by atoms with van der Waals surface area (Å²) in [6, 6.07) is -2.86. The molecule has 6 atom stereocenters. The van der Waals surface area contributed by atoms with E-state index in [-0.39, 0.29) is 29.1 Å². The van der Waals surface area contributed by atoms with Crippen LogP contribution in [-0.2, 0) is 19.1 Å². The Labute approximate surface area is 227 Å². The number of ether oxygens (including phenoxy) is 1. The van der Waals surface area contributed by atoms with Crippen LogP contribution in [0.4, 0.5) is 4.79 Å². The van der Waals surface area contributed by atoms with Crippen LogP contribution in [0.25, 0.3) is 0 Å². The predicted octanol–water partition coefficient (Wildman–Crippen LogP) is 2.19. The first kappa shape index (κ1) is 30.2. The summed E-state index contributed by atoms with van der Waals surface area (Å²) in [5.41, 5.74) is -1.20. The normalized spacial score (nSPS) is 26.8. The highest BCUT2D eigenvalue weighted by atomic mass is 16.5. The van der Waals surface area contributed by atoms with E-state index >= 15 is 0 Å². The third kappa shape index (κ3) is 6.43. The molecule has 0 aromatic carbocycles. The van der Waals surface area contributed by atoms with Crippen LogP contribution in [0.3, 0.4) is 0 Å². The summed E-state index contributed by atoms with van der Waals surface area (Å²) in [6.07, 6.45) is 2.05. The number of carbonyl (C=O) groups excluding carboxylic acids is 4. The summed E-state index contributed by atoms with van der Waals surface area (Å²) >= 11 is 0. The van der Waals surface area contributed by atoms with Gasteiger partial charge in [-0.2, -0.15) is 0 Å². The number of carbonyl (C=O) groups is 4. The van der Waals surface area contributed by atoms with Crippen molar-refractivity contribution in [2.24, 2.45) is 28.6 Å². The fourth-order valence-corrected chi connectivity index (χ4v) is 6.04. The number of fused-ring (bicyclic) bond motifs is 1. The van der Waals surface area contributed by atoms with Gasteiger partial charge in [-0.15, -0.1) is 0 Å².